The lowest BCUT2D eigenvalue weighted by Crippen LogP contribution is -2.21. The number of furan rings is 1. The lowest BCUT2D eigenvalue weighted by atomic mass is 10.1. The van der Waals surface area contributed by atoms with Crippen LogP contribution >= 0.6 is 11.3 Å². The number of hydrogen-bond donors (Lipinski definition) is 1. The maximum Gasteiger partial charge on any atom is 0.261 e. The predicted molar refractivity (Wildman–Crippen MR) is 103 cm³/mol. The van der Waals surface area contributed by atoms with E-state index in [4.69, 9.17) is 9.15 Å². The van der Waals surface area contributed by atoms with Crippen LogP contribution in [0.5, 0.6) is 0 Å². The summed E-state index contributed by atoms with van der Waals surface area (Å²) in [5.74, 6) is 0.795. The highest BCUT2D eigenvalue weighted by molar-refractivity contribution is 7.14. The number of ether oxygens (including phenoxy) is 1. The molecule has 3 rings (SSSR count). The van der Waals surface area contributed by atoms with E-state index < -0.39 is 0 Å². The molecule has 3 aromatic rings. The Morgan fingerprint density at radius 3 is 2.73 bits per heavy atom. The Morgan fingerprint density at radius 1 is 1.15 bits per heavy atom. The van der Waals surface area contributed by atoms with Crippen LogP contribution in [0.1, 0.15) is 43.9 Å². The van der Waals surface area contributed by atoms with Gasteiger partial charge in [-0.15, -0.1) is 11.3 Å². The molecule has 2 heterocycles. The van der Waals surface area contributed by atoms with E-state index in [1.807, 2.05) is 36.4 Å². The zero-order valence-electron chi connectivity index (χ0n) is 15.1. The van der Waals surface area contributed by atoms with E-state index in [0.29, 0.717) is 19.8 Å². The van der Waals surface area contributed by atoms with Crippen molar-refractivity contribution < 1.29 is 13.9 Å². The van der Waals surface area contributed by atoms with Crippen LogP contribution < -0.4 is 5.32 Å². The summed E-state index contributed by atoms with van der Waals surface area (Å²) in [7, 11) is 0. The molecule has 4 nitrogen and oxygen atoms in total. The zero-order valence-corrected chi connectivity index (χ0v) is 15.9. The number of amides is 1. The average Bonchev–Trinajstić information content (AvgIpc) is 3.29. The first-order valence-electron chi connectivity index (χ1n) is 8.71. The number of nitrogens with one attached hydrogen (secondary N) is 1. The van der Waals surface area contributed by atoms with Gasteiger partial charge < -0.3 is 14.5 Å². The topological polar surface area (TPSA) is 51.5 Å². The van der Waals surface area contributed by atoms with Gasteiger partial charge in [0.2, 0.25) is 0 Å². The summed E-state index contributed by atoms with van der Waals surface area (Å²) < 4.78 is 10.9. The highest BCUT2D eigenvalue weighted by Crippen LogP contribution is 2.22. The number of thiophene rings is 1. The average molecular weight is 369 g/mol. The van der Waals surface area contributed by atoms with Gasteiger partial charge in [0, 0.05) is 11.4 Å². The predicted octanol–water partition coefficient (Wildman–Crippen LogP) is 4.86. The molecule has 1 N–H and O–H groups in total. The molecule has 0 aliphatic carbocycles. The number of carbonyl (C=O) groups is 1. The van der Waals surface area contributed by atoms with Gasteiger partial charge in [0.05, 0.1) is 17.7 Å². The fourth-order valence-corrected chi connectivity index (χ4v) is 3.78. The molecule has 0 spiro atoms. The fourth-order valence-electron chi connectivity index (χ4n) is 2.75. The Kier molecular flexibility index (Phi) is 6.26. The summed E-state index contributed by atoms with van der Waals surface area (Å²) >= 11 is 1.57. The molecule has 0 aliphatic heterocycles. The smallest absolute Gasteiger partial charge is 0.261 e. The molecular formula is C21H23NO3S. The lowest BCUT2D eigenvalue weighted by Gasteiger charge is -2.07. The van der Waals surface area contributed by atoms with Crippen LogP contribution in [0.25, 0.3) is 0 Å². The molecule has 2 aromatic heterocycles. The molecule has 5 heteroatoms. The van der Waals surface area contributed by atoms with Gasteiger partial charge in [0.25, 0.3) is 5.91 Å². The molecule has 0 radical (unpaired) electrons. The van der Waals surface area contributed by atoms with Crippen molar-refractivity contribution in [3.63, 3.8) is 0 Å². The van der Waals surface area contributed by atoms with Crippen LogP contribution in [0.4, 0.5) is 0 Å². The van der Waals surface area contributed by atoms with Gasteiger partial charge in [-0.1, -0.05) is 31.2 Å². The van der Waals surface area contributed by atoms with Crippen molar-refractivity contribution in [3.05, 3.63) is 80.9 Å². The Hall–Kier alpha value is -2.37. The molecule has 26 heavy (non-hydrogen) atoms. The third-order valence-corrected chi connectivity index (χ3v) is 5.48. The summed E-state index contributed by atoms with van der Waals surface area (Å²) in [5, 5.41) is 3.00. The zero-order chi connectivity index (χ0) is 18.4. The van der Waals surface area contributed by atoms with Crippen molar-refractivity contribution in [2.24, 2.45) is 0 Å². The van der Waals surface area contributed by atoms with Crippen molar-refractivity contribution in [1.82, 2.24) is 5.32 Å². The second-order valence-corrected chi connectivity index (χ2v) is 7.28. The van der Waals surface area contributed by atoms with Crippen LogP contribution in [-0.4, -0.2) is 5.91 Å². The first kappa shape index (κ1) is 18.4. The summed E-state index contributed by atoms with van der Waals surface area (Å²) in [5.41, 5.74) is 3.32. The lowest BCUT2D eigenvalue weighted by molar-refractivity contribution is 0.0928. The molecule has 0 saturated carbocycles. The molecule has 0 saturated heterocycles. The maximum absolute atomic E-state index is 12.4. The molecule has 136 valence electrons. The van der Waals surface area contributed by atoms with E-state index in [0.717, 1.165) is 28.2 Å². The fraction of sp³-hybridized carbons (Fsp3) is 0.286. The van der Waals surface area contributed by atoms with Crippen LogP contribution in [0.3, 0.4) is 0 Å². The van der Waals surface area contributed by atoms with Gasteiger partial charge in [-0.05, 0) is 48.2 Å². The van der Waals surface area contributed by atoms with E-state index in [-0.39, 0.29) is 5.91 Å². The Morgan fingerprint density at radius 2 is 2.00 bits per heavy atom. The summed E-state index contributed by atoms with van der Waals surface area (Å²) in [6, 6.07) is 13.8. The van der Waals surface area contributed by atoms with E-state index in [2.05, 4.69) is 25.2 Å². The number of hydrogen-bond acceptors (Lipinski definition) is 4. The summed E-state index contributed by atoms with van der Waals surface area (Å²) in [6.45, 7) is 5.62. The molecule has 0 bridgehead atoms. The number of aryl methyl sites for hydroxylation is 2. The van der Waals surface area contributed by atoms with E-state index in [9.17, 15) is 4.79 Å². The first-order valence-corrected chi connectivity index (χ1v) is 9.52. The second kappa shape index (κ2) is 8.83. The van der Waals surface area contributed by atoms with Crippen molar-refractivity contribution in [2.45, 2.75) is 40.0 Å². The standard InChI is InChI=1S/C21H23NO3S/c1-3-19-15(2)10-20(26-19)21(23)22-12-16-6-4-7-17(11-16)13-24-14-18-8-5-9-25-18/h4-11H,3,12-14H2,1-2H3,(H,22,23). The molecule has 0 aliphatic rings. The minimum absolute atomic E-state index is 0.0164. The number of carbonyl (C=O) groups excluding carboxylic acids is 1. The van der Waals surface area contributed by atoms with Crippen LogP contribution in [-0.2, 0) is 30.9 Å². The largest absolute Gasteiger partial charge is 0.467 e. The minimum Gasteiger partial charge on any atom is -0.467 e. The molecule has 1 amide bonds. The van der Waals surface area contributed by atoms with Gasteiger partial charge in [0.1, 0.15) is 12.4 Å². The Bertz CT molecular complexity index is 852. The number of benzene rings is 1. The highest BCUT2D eigenvalue weighted by atomic mass is 32.1. The van der Waals surface area contributed by atoms with E-state index >= 15 is 0 Å². The Labute approximate surface area is 157 Å². The third-order valence-electron chi connectivity index (χ3n) is 4.10. The van der Waals surface area contributed by atoms with Crippen molar-refractivity contribution in [3.8, 4) is 0 Å². The van der Waals surface area contributed by atoms with E-state index in [1.165, 1.54) is 10.4 Å². The first-order chi connectivity index (χ1) is 12.7. The minimum atomic E-state index is -0.0164. The van der Waals surface area contributed by atoms with Gasteiger partial charge in [-0.2, -0.15) is 0 Å². The normalized spacial score (nSPS) is 10.8. The van der Waals surface area contributed by atoms with Crippen molar-refractivity contribution >= 4 is 17.2 Å². The van der Waals surface area contributed by atoms with Gasteiger partial charge >= 0.3 is 0 Å². The Balaban J connectivity index is 1.52. The second-order valence-electron chi connectivity index (χ2n) is 6.15. The van der Waals surface area contributed by atoms with Crippen molar-refractivity contribution in [1.29, 1.82) is 0 Å². The van der Waals surface area contributed by atoms with Gasteiger partial charge in [-0.3, -0.25) is 4.79 Å². The SMILES string of the molecule is CCc1sc(C(=O)NCc2cccc(COCc3ccco3)c2)cc1C. The highest BCUT2D eigenvalue weighted by Gasteiger charge is 2.11. The molecule has 0 unspecified atom stereocenters. The van der Waals surface area contributed by atoms with Gasteiger partial charge in [-0.25, -0.2) is 0 Å². The molecular weight excluding hydrogens is 346 g/mol. The quantitative estimate of drug-likeness (QED) is 0.617. The van der Waals surface area contributed by atoms with Crippen LogP contribution in [0.15, 0.2) is 53.1 Å². The maximum atomic E-state index is 12.4. The van der Waals surface area contributed by atoms with E-state index in [1.54, 1.807) is 17.6 Å². The molecule has 0 fully saturated rings. The number of rotatable bonds is 8. The summed E-state index contributed by atoms with van der Waals surface area (Å²) in [4.78, 5) is 14.4. The van der Waals surface area contributed by atoms with Gasteiger partial charge in [0.15, 0.2) is 0 Å². The third kappa shape index (κ3) is 4.84. The van der Waals surface area contributed by atoms with Crippen LogP contribution in [0.2, 0.25) is 0 Å². The van der Waals surface area contributed by atoms with Crippen molar-refractivity contribution in [2.75, 3.05) is 0 Å². The van der Waals surface area contributed by atoms with Crippen LogP contribution in [0, 0.1) is 6.92 Å². The molecule has 1 aromatic carbocycles. The molecule has 0 atom stereocenters. The monoisotopic (exact) mass is 369 g/mol. The summed E-state index contributed by atoms with van der Waals surface area (Å²) in [6.07, 6.45) is 2.60.